The lowest BCUT2D eigenvalue weighted by molar-refractivity contribution is 0.0979. The Hall–Kier alpha value is -0.930. The summed E-state index contributed by atoms with van der Waals surface area (Å²) in [5.74, 6) is -0.157. The molecule has 2 atom stereocenters. The van der Waals surface area contributed by atoms with E-state index in [1.54, 1.807) is 19.1 Å². The Morgan fingerprint density at radius 1 is 1.33 bits per heavy atom. The van der Waals surface area contributed by atoms with Crippen LogP contribution in [-0.4, -0.2) is 11.2 Å². The highest BCUT2D eigenvalue weighted by molar-refractivity contribution is 5.27. The number of halogens is 1. The van der Waals surface area contributed by atoms with Crippen LogP contribution < -0.4 is 5.73 Å². The van der Waals surface area contributed by atoms with Crippen LogP contribution in [0.4, 0.5) is 4.39 Å². The third kappa shape index (κ3) is 2.76. The molecule has 0 saturated heterocycles. The SMILES string of the molecule is Cc1cc([C@H](N)[C@H](O)C(C)C)ccc1F. The van der Waals surface area contributed by atoms with Gasteiger partial charge in [0.15, 0.2) is 0 Å². The third-order valence-electron chi connectivity index (χ3n) is 2.62. The van der Waals surface area contributed by atoms with E-state index in [2.05, 4.69) is 0 Å². The highest BCUT2D eigenvalue weighted by Crippen LogP contribution is 2.21. The van der Waals surface area contributed by atoms with E-state index in [-0.39, 0.29) is 11.7 Å². The zero-order valence-electron chi connectivity index (χ0n) is 9.37. The molecule has 1 aromatic rings. The second kappa shape index (κ2) is 4.73. The summed E-state index contributed by atoms with van der Waals surface area (Å²) in [5, 5.41) is 9.79. The maximum absolute atomic E-state index is 13.0. The van der Waals surface area contributed by atoms with Crippen molar-refractivity contribution in [2.75, 3.05) is 0 Å². The average Bonchev–Trinajstić information content (AvgIpc) is 2.19. The summed E-state index contributed by atoms with van der Waals surface area (Å²) in [6.07, 6.45) is -0.602. The number of rotatable bonds is 3. The zero-order valence-corrected chi connectivity index (χ0v) is 9.37. The number of aryl methyl sites for hydroxylation is 1. The average molecular weight is 211 g/mol. The fraction of sp³-hybridized carbons (Fsp3) is 0.500. The van der Waals surface area contributed by atoms with Crippen molar-refractivity contribution in [2.24, 2.45) is 11.7 Å². The monoisotopic (exact) mass is 211 g/mol. The molecule has 3 heteroatoms. The topological polar surface area (TPSA) is 46.2 Å². The predicted octanol–water partition coefficient (Wildman–Crippen LogP) is 2.15. The minimum atomic E-state index is -0.602. The maximum atomic E-state index is 13.0. The minimum absolute atomic E-state index is 0.0883. The fourth-order valence-corrected chi connectivity index (χ4v) is 1.49. The molecule has 0 heterocycles. The van der Waals surface area contributed by atoms with Gasteiger partial charge in [0.1, 0.15) is 5.82 Å². The Kier molecular flexibility index (Phi) is 3.83. The van der Waals surface area contributed by atoms with E-state index < -0.39 is 12.1 Å². The summed E-state index contributed by atoms with van der Waals surface area (Å²) in [7, 11) is 0. The summed E-state index contributed by atoms with van der Waals surface area (Å²) in [5.41, 5.74) is 7.21. The molecule has 0 aliphatic rings. The molecule has 1 aromatic carbocycles. The quantitative estimate of drug-likeness (QED) is 0.804. The molecule has 84 valence electrons. The lowest BCUT2D eigenvalue weighted by Crippen LogP contribution is -2.30. The van der Waals surface area contributed by atoms with E-state index in [1.165, 1.54) is 6.07 Å². The Balaban J connectivity index is 2.91. The Bertz CT molecular complexity index is 338. The van der Waals surface area contributed by atoms with E-state index in [0.29, 0.717) is 5.56 Å². The van der Waals surface area contributed by atoms with Gasteiger partial charge in [-0.1, -0.05) is 26.0 Å². The number of nitrogens with two attached hydrogens (primary N) is 1. The summed E-state index contributed by atoms with van der Waals surface area (Å²) < 4.78 is 13.0. The molecule has 0 fully saturated rings. The van der Waals surface area contributed by atoms with Gasteiger partial charge in [-0.25, -0.2) is 4.39 Å². The van der Waals surface area contributed by atoms with Gasteiger partial charge in [-0.3, -0.25) is 0 Å². The van der Waals surface area contributed by atoms with Crippen LogP contribution in [0.25, 0.3) is 0 Å². The summed E-state index contributed by atoms with van der Waals surface area (Å²) in [6.45, 7) is 5.50. The summed E-state index contributed by atoms with van der Waals surface area (Å²) in [4.78, 5) is 0. The van der Waals surface area contributed by atoms with Gasteiger partial charge >= 0.3 is 0 Å². The highest BCUT2D eigenvalue weighted by atomic mass is 19.1. The first-order chi connectivity index (χ1) is 6.93. The Morgan fingerprint density at radius 2 is 1.93 bits per heavy atom. The second-order valence-electron chi connectivity index (χ2n) is 4.27. The first-order valence-electron chi connectivity index (χ1n) is 5.13. The van der Waals surface area contributed by atoms with Crippen LogP contribution >= 0.6 is 0 Å². The van der Waals surface area contributed by atoms with Crippen LogP contribution in [0.15, 0.2) is 18.2 Å². The van der Waals surface area contributed by atoms with Gasteiger partial charge in [0.2, 0.25) is 0 Å². The molecule has 3 N–H and O–H groups in total. The number of benzene rings is 1. The summed E-state index contributed by atoms with van der Waals surface area (Å²) >= 11 is 0. The van der Waals surface area contributed by atoms with Gasteiger partial charge in [0, 0.05) is 0 Å². The molecule has 0 amide bonds. The van der Waals surface area contributed by atoms with Crippen LogP contribution in [0, 0.1) is 18.7 Å². The van der Waals surface area contributed by atoms with E-state index in [9.17, 15) is 9.50 Å². The molecule has 0 radical (unpaired) electrons. The van der Waals surface area contributed by atoms with Crippen molar-refractivity contribution < 1.29 is 9.50 Å². The zero-order chi connectivity index (χ0) is 11.6. The van der Waals surface area contributed by atoms with Crippen molar-refractivity contribution in [3.8, 4) is 0 Å². The molecule has 0 bridgehead atoms. The van der Waals surface area contributed by atoms with Gasteiger partial charge in [0.05, 0.1) is 12.1 Å². The highest BCUT2D eigenvalue weighted by Gasteiger charge is 2.20. The summed E-state index contributed by atoms with van der Waals surface area (Å²) in [6, 6.07) is 4.24. The van der Waals surface area contributed by atoms with E-state index in [0.717, 1.165) is 5.56 Å². The molecule has 15 heavy (non-hydrogen) atoms. The standard InChI is InChI=1S/C12H18FNO/c1-7(2)12(15)11(14)9-4-5-10(13)8(3)6-9/h4-7,11-12,15H,14H2,1-3H3/t11-,12+/m0/s1. The van der Waals surface area contributed by atoms with Gasteiger partial charge in [-0.15, -0.1) is 0 Å². The minimum Gasteiger partial charge on any atom is -0.391 e. The molecule has 0 aromatic heterocycles. The van der Waals surface area contributed by atoms with E-state index in [1.807, 2.05) is 13.8 Å². The largest absolute Gasteiger partial charge is 0.391 e. The molecular formula is C12H18FNO. The van der Waals surface area contributed by atoms with Crippen LogP contribution in [0.1, 0.15) is 31.0 Å². The van der Waals surface area contributed by atoms with Gasteiger partial charge in [0.25, 0.3) is 0 Å². The van der Waals surface area contributed by atoms with Crippen LogP contribution in [0.3, 0.4) is 0 Å². The van der Waals surface area contributed by atoms with E-state index >= 15 is 0 Å². The molecule has 0 unspecified atom stereocenters. The molecular weight excluding hydrogens is 193 g/mol. The number of hydrogen-bond donors (Lipinski definition) is 2. The maximum Gasteiger partial charge on any atom is 0.126 e. The van der Waals surface area contributed by atoms with Crippen LogP contribution in [0.5, 0.6) is 0 Å². The van der Waals surface area contributed by atoms with Gasteiger partial charge in [-0.05, 0) is 30.0 Å². The first kappa shape index (κ1) is 12.1. The number of aliphatic hydroxyl groups excluding tert-OH is 1. The first-order valence-corrected chi connectivity index (χ1v) is 5.13. The normalized spacial score (nSPS) is 15.4. The Morgan fingerprint density at radius 3 is 2.40 bits per heavy atom. The van der Waals surface area contributed by atoms with Crippen molar-refractivity contribution in [2.45, 2.75) is 32.9 Å². The lowest BCUT2D eigenvalue weighted by atomic mass is 9.93. The molecule has 0 saturated carbocycles. The molecule has 0 aliphatic carbocycles. The lowest BCUT2D eigenvalue weighted by Gasteiger charge is -2.22. The molecule has 1 rings (SSSR count). The van der Waals surface area contributed by atoms with Crippen molar-refractivity contribution in [3.63, 3.8) is 0 Å². The van der Waals surface area contributed by atoms with E-state index in [4.69, 9.17) is 5.73 Å². The Labute approximate surface area is 89.9 Å². The van der Waals surface area contributed by atoms with Crippen LogP contribution in [0.2, 0.25) is 0 Å². The molecule has 0 spiro atoms. The number of aliphatic hydroxyl groups is 1. The number of hydrogen-bond acceptors (Lipinski definition) is 2. The van der Waals surface area contributed by atoms with Crippen LogP contribution in [-0.2, 0) is 0 Å². The van der Waals surface area contributed by atoms with Gasteiger partial charge < -0.3 is 10.8 Å². The second-order valence-corrected chi connectivity index (χ2v) is 4.27. The smallest absolute Gasteiger partial charge is 0.126 e. The van der Waals surface area contributed by atoms with Crippen molar-refractivity contribution >= 4 is 0 Å². The molecule has 0 aliphatic heterocycles. The van der Waals surface area contributed by atoms with Gasteiger partial charge in [-0.2, -0.15) is 0 Å². The third-order valence-corrected chi connectivity index (χ3v) is 2.62. The predicted molar refractivity (Wildman–Crippen MR) is 58.9 cm³/mol. The fourth-order valence-electron chi connectivity index (χ4n) is 1.49. The molecule has 2 nitrogen and oxygen atoms in total. The van der Waals surface area contributed by atoms with Crippen molar-refractivity contribution in [3.05, 3.63) is 35.1 Å². The van der Waals surface area contributed by atoms with Crippen molar-refractivity contribution in [1.29, 1.82) is 0 Å². The van der Waals surface area contributed by atoms with Crippen molar-refractivity contribution in [1.82, 2.24) is 0 Å².